The summed E-state index contributed by atoms with van der Waals surface area (Å²) in [6.07, 6.45) is 4.25. The second-order valence-corrected chi connectivity index (χ2v) is 4.92. The molecule has 0 unspecified atom stereocenters. The first kappa shape index (κ1) is 11.5. The Labute approximate surface area is 89.0 Å². The van der Waals surface area contributed by atoms with E-state index >= 15 is 0 Å². The third kappa shape index (κ3) is 5.19. The molecule has 0 aliphatic rings. The van der Waals surface area contributed by atoms with E-state index in [2.05, 4.69) is 9.97 Å². The zero-order valence-corrected chi connectivity index (χ0v) is 9.42. The number of aliphatic hydroxyl groups is 1. The van der Waals surface area contributed by atoms with E-state index in [-0.39, 0.29) is 0 Å². The molecule has 0 saturated carbocycles. The molecule has 1 heterocycles. The zero-order valence-electron chi connectivity index (χ0n) is 8.60. The predicted octanol–water partition coefficient (Wildman–Crippen LogP) is 1.52. The van der Waals surface area contributed by atoms with Gasteiger partial charge in [0.2, 0.25) is 0 Å². The smallest absolute Gasteiger partial charge is 0.115 e. The Balaban J connectivity index is 2.17. The van der Waals surface area contributed by atoms with Crippen LogP contribution in [0.2, 0.25) is 0 Å². The van der Waals surface area contributed by atoms with Crippen LogP contribution >= 0.6 is 11.8 Å². The summed E-state index contributed by atoms with van der Waals surface area (Å²) in [6, 6.07) is 1.92. The number of hydrogen-bond donors (Lipinski definition) is 1. The molecule has 0 bridgehead atoms. The molecule has 0 spiro atoms. The van der Waals surface area contributed by atoms with Crippen molar-refractivity contribution in [1.82, 2.24) is 9.97 Å². The van der Waals surface area contributed by atoms with Crippen LogP contribution in [0.25, 0.3) is 0 Å². The third-order valence-corrected chi connectivity index (χ3v) is 3.00. The molecule has 1 aromatic heterocycles. The molecule has 0 saturated heterocycles. The van der Waals surface area contributed by atoms with Gasteiger partial charge in [-0.05, 0) is 32.1 Å². The Kier molecular flexibility index (Phi) is 4.35. The van der Waals surface area contributed by atoms with E-state index in [1.807, 2.05) is 19.9 Å². The highest BCUT2D eigenvalue weighted by Gasteiger charge is 2.11. The maximum atomic E-state index is 9.47. The van der Waals surface area contributed by atoms with E-state index in [9.17, 15) is 5.11 Å². The molecule has 0 aliphatic carbocycles. The monoisotopic (exact) mass is 212 g/mol. The number of aromatic nitrogens is 2. The highest BCUT2D eigenvalue weighted by atomic mass is 32.2. The van der Waals surface area contributed by atoms with Gasteiger partial charge < -0.3 is 5.11 Å². The summed E-state index contributed by atoms with van der Waals surface area (Å²) in [5, 5.41) is 9.47. The minimum absolute atomic E-state index is 0.573. The van der Waals surface area contributed by atoms with Gasteiger partial charge in [0.25, 0.3) is 0 Å². The summed E-state index contributed by atoms with van der Waals surface area (Å²) in [4.78, 5) is 7.98. The minimum Gasteiger partial charge on any atom is -0.390 e. The third-order valence-electron chi connectivity index (χ3n) is 1.60. The lowest BCUT2D eigenvalue weighted by atomic mass is 10.2. The predicted molar refractivity (Wildman–Crippen MR) is 59.4 cm³/mol. The van der Waals surface area contributed by atoms with Crippen LogP contribution in [-0.2, 0) is 6.42 Å². The first-order valence-electron chi connectivity index (χ1n) is 4.63. The molecule has 0 aromatic carbocycles. The Morgan fingerprint density at radius 1 is 1.50 bits per heavy atom. The Morgan fingerprint density at radius 2 is 2.29 bits per heavy atom. The quantitative estimate of drug-likeness (QED) is 0.752. The number of thioether (sulfide) groups is 1. The topological polar surface area (TPSA) is 46.0 Å². The van der Waals surface area contributed by atoms with E-state index in [0.29, 0.717) is 0 Å². The number of hydrogen-bond acceptors (Lipinski definition) is 4. The molecule has 0 fully saturated rings. The highest BCUT2D eigenvalue weighted by molar-refractivity contribution is 7.99. The van der Waals surface area contributed by atoms with Crippen LogP contribution in [0.3, 0.4) is 0 Å². The number of nitrogens with zero attached hydrogens (tertiary/aromatic N) is 2. The molecule has 0 amide bonds. The molecule has 3 nitrogen and oxygen atoms in total. The van der Waals surface area contributed by atoms with Gasteiger partial charge in [-0.3, -0.25) is 0 Å². The van der Waals surface area contributed by atoms with Gasteiger partial charge in [-0.2, -0.15) is 11.8 Å². The molecule has 1 rings (SSSR count). The standard InChI is InChI=1S/C10H16N2OS/c1-10(2,13)7-14-6-4-9-3-5-11-8-12-9/h3,5,8,13H,4,6-7H2,1-2H3. The molecular weight excluding hydrogens is 196 g/mol. The maximum Gasteiger partial charge on any atom is 0.115 e. The average Bonchev–Trinajstić information content (AvgIpc) is 2.13. The molecule has 14 heavy (non-hydrogen) atoms. The van der Waals surface area contributed by atoms with Gasteiger partial charge in [-0.1, -0.05) is 0 Å². The average molecular weight is 212 g/mol. The normalized spacial score (nSPS) is 11.6. The van der Waals surface area contributed by atoms with Crippen molar-refractivity contribution in [2.24, 2.45) is 0 Å². The van der Waals surface area contributed by atoms with E-state index in [4.69, 9.17) is 0 Å². The molecular formula is C10H16N2OS. The van der Waals surface area contributed by atoms with E-state index < -0.39 is 5.60 Å². The summed E-state index contributed by atoms with van der Waals surface area (Å²) in [5.41, 5.74) is 0.485. The summed E-state index contributed by atoms with van der Waals surface area (Å²) in [7, 11) is 0. The molecule has 4 heteroatoms. The van der Waals surface area contributed by atoms with Gasteiger partial charge in [-0.15, -0.1) is 0 Å². The lowest BCUT2D eigenvalue weighted by Crippen LogP contribution is -2.22. The zero-order chi connectivity index (χ0) is 10.4. The van der Waals surface area contributed by atoms with Gasteiger partial charge in [0, 0.05) is 17.6 Å². The van der Waals surface area contributed by atoms with Crippen LogP contribution in [0, 0.1) is 0 Å². The van der Waals surface area contributed by atoms with E-state index in [1.165, 1.54) is 0 Å². The van der Waals surface area contributed by atoms with Gasteiger partial charge >= 0.3 is 0 Å². The second-order valence-electron chi connectivity index (χ2n) is 3.82. The summed E-state index contributed by atoms with van der Waals surface area (Å²) in [5.74, 6) is 1.75. The Hall–Kier alpha value is -0.610. The van der Waals surface area contributed by atoms with Crippen molar-refractivity contribution in [3.05, 3.63) is 24.3 Å². The molecule has 1 N–H and O–H groups in total. The van der Waals surface area contributed by atoms with Crippen LogP contribution < -0.4 is 0 Å². The first-order valence-corrected chi connectivity index (χ1v) is 5.78. The van der Waals surface area contributed by atoms with E-state index in [1.54, 1.807) is 24.3 Å². The molecule has 1 aromatic rings. The second kappa shape index (κ2) is 5.32. The van der Waals surface area contributed by atoms with Crippen molar-refractivity contribution < 1.29 is 5.11 Å². The summed E-state index contributed by atoms with van der Waals surface area (Å²) < 4.78 is 0. The van der Waals surface area contributed by atoms with Crippen molar-refractivity contribution in [2.45, 2.75) is 25.9 Å². The fourth-order valence-electron chi connectivity index (χ4n) is 0.965. The van der Waals surface area contributed by atoms with Gasteiger partial charge in [0.1, 0.15) is 6.33 Å². The maximum absolute atomic E-state index is 9.47. The lowest BCUT2D eigenvalue weighted by molar-refractivity contribution is 0.107. The van der Waals surface area contributed by atoms with E-state index in [0.717, 1.165) is 23.6 Å². The van der Waals surface area contributed by atoms with Gasteiger partial charge in [0.15, 0.2) is 0 Å². The first-order chi connectivity index (χ1) is 6.58. The summed E-state index contributed by atoms with van der Waals surface area (Å²) in [6.45, 7) is 3.65. The fraction of sp³-hybridized carbons (Fsp3) is 0.600. The van der Waals surface area contributed by atoms with Gasteiger partial charge in [-0.25, -0.2) is 9.97 Å². The molecule has 0 aliphatic heterocycles. The highest BCUT2D eigenvalue weighted by Crippen LogP contribution is 2.12. The van der Waals surface area contributed by atoms with Crippen molar-refractivity contribution >= 4 is 11.8 Å². The van der Waals surface area contributed by atoms with Crippen molar-refractivity contribution in [2.75, 3.05) is 11.5 Å². The lowest BCUT2D eigenvalue weighted by Gasteiger charge is -2.15. The van der Waals surface area contributed by atoms with Crippen LogP contribution in [0.5, 0.6) is 0 Å². The van der Waals surface area contributed by atoms with Crippen LogP contribution in [0.15, 0.2) is 18.6 Å². The fourth-order valence-corrected chi connectivity index (χ4v) is 1.96. The minimum atomic E-state index is -0.573. The molecule has 0 atom stereocenters. The number of rotatable bonds is 5. The Bertz CT molecular complexity index is 259. The molecule has 78 valence electrons. The number of aryl methyl sites for hydroxylation is 1. The van der Waals surface area contributed by atoms with Crippen molar-refractivity contribution in [3.63, 3.8) is 0 Å². The van der Waals surface area contributed by atoms with Crippen LogP contribution in [0.1, 0.15) is 19.5 Å². The van der Waals surface area contributed by atoms with Crippen LogP contribution in [-0.4, -0.2) is 32.2 Å². The Morgan fingerprint density at radius 3 is 2.86 bits per heavy atom. The van der Waals surface area contributed by atoms with Crippen molar-refractivity contribution in [3.8, 4) is 0 Å². The van der Waals surface area contributed by atoms with Crippen LogP contribution in [0.4, 0.5) is 0 Å². The summed E-state index contributed by atoms with van der Waals surface area (Å²) >= 11 is 1.74. The SMILES string of the molecule is CC(C)(O)CSCCc1ccncn1. The molecule has 0 radical (unpaired) electrons. The van der Waals surface area contributed by atoms with Crippen molar-refractivity contribution in [1.29, 1.82) is 0 Å². The van der Waals surface area contributed by atoms with Gasteiger partial charge in [0.05, 0.1) is 5.60 Å². The largest absolute Gasteiger partial charge is 0.390 e.